The lowest BCUT2D eigenvalue weighted by molar-refractivity contribution is 0.627. The second-order valence-corrected chi connectivity index (χ2v) is 4.59. The molecule has 0 bridgehead atoms. The second kappa shape index (κ2) is 5.28. The average Bonchev–Trinajstić information content (AvgIpc) is 2.47. The van der Waals surface area contributed by atoms with Gasteiger partial charge < -0.3 is 0 Å². The lowest BCUT2D eigenvalue weighted by Gasteiger charge is -2.04. The Hall–Kier alpha value is -2.82. The Morgan fingerprint density at radius 3 is 2.81 bits per heavy atom. The summed E-state index contributed by atoms with van der Waals surface area (Å²) < 4.78 is 14.3. The predicted molar refractivity (Wildman–Crippen MR) is 80.1 cm³/mol. The van der Waals surface area contributed by atoms with Gasteiger partial charge in [-0.05, 0) is 36.8 Å². The molecule has 0 saturated carbocycles. The number of nitrogens with zero attached hydrogens (tertiary/aromatic N) is 3. The number of halogens is 1. The van der Waals surface area contributed by atoms with Crippen molar-refractivity contribution in [2.75, 3.05) is 0 Å². The number of aromatic nitrogens is 2. The molecule has 1 heterocycles. The number of aryl methyl sites for hydroxylation is 1. The average molecular weight is 281 g/mol. The molecule has 0 unspecified atom stereocenters. The van der Waals surface area contributed by atoms with E-state index in [1.807, 2.05) is 6.07 Å². The number of fused-ring (bicyclic) bond motifs is 1. The van der Waals surface area contributed by atoms with E-state index in [2.05, 4.69) is 10.1 Å². The van der Waals surface area contributed by atoms with Crippen LogP contribution in [0.2, 0.25) is 0 Å². The fourth-order valence-electron chi connectivity index (χ4n) is 2.08. The molecule has 0 spiro atoms. The molecule has 1 aromatic heterocycles. The number of benzene rings is 2. The number of para-hydroxylation sites is 1. The maximum Gasteiger partial charge on any atom is 0.282 e. The van der Waals surface area contributed by atoms with E-state index < -0.39 is 0 Å². The maximum absolute atomic E-state index is 13.1. The van der Waals surface area contributed by atoms with Crippen LogP contribution in [0.25, 0.3) is 10.9 Å². The summed E-state index contributed by atoms with van der Waals surface area (Å²) in [6.45, 7) is 1.71. The van der Waals surface area contributed by atoms with Crippen molar-refractivity contribution in [2.24, 2.45) is 5.10 Å². The smallest absolute Gasteiger partial charge is 0.267 e. The van der Waals surface area contributed by atoms with E-state index in [9.17, 15) is 9.18 Å². The topological polar surface area (TPSA) is 47.2 Å². The van der Waals surface area contributed by atoms with Crippen molar-refractivity contribution in [3.8, 4) is 0 Å². The summed E-state index contributed by atoms with van der Waals surface area (Å²) in [6, 6.07) is 13.1. The first-order chi connectivity index (χ1) is 10.1. The molecule has 0 aliphatic rings. The van der Waals surface area contributed by atoms with Crippen LogP contribution in [0, 0.1) is 12.7 Å². The van der Waals surface area contributed by atoms with E-state index in [1.165, 1.54) is 23.0 Å². The van der Waals surface area contributed by atoms with Gasteiger partial charge >= 0.3 is 0 Å². The monoisotopic (exact) mass is 281 g/mol. The molecule has 3 aromatic rings. The molecule has 0 saturated heterocycles. The summed E-state index contributed by atoms with van der Waals surface area (Å²) in [5, 5.41) is 4.62. The molecule has 0 amide bonds. The summed E-state index contributed by atoms with van der Waals surface area (Å²) in [5.74, 6) is 0.131. The van der Waals surface area contributed by atoms with E-state index in [-0.39, 0.29) is 11.4 Å². The molecule has 4 nitrogen and oxygen atoms in total. The summed E-state index contributed by atoms with van der Waals surface area (Å²) >= 11 is 0. The van der Waals surface area contributed by atoms with Gasteiger partial charge in [-0.15, -0.1) is 0 Å². The van der Waals surface area contributed by atoms with Crippen LogP contribution in [0.15, 0.2) is 58.4 Å². The van der Waals surface area contributed by atoms with E-state index >= 15 is 0 Å². The molecule has 0 atom stereocenters. The highest BCUT2D eigenvalue weighted by Gasteiger charge is 2.06. The van der Waals surface area contributed by atoms with Crippen molar-refractivity contribution in [1.29, 1.82) is 0 Å². The second-order valence-electron chi connectivity index (χ2n) is 4.59. The molecule has 0 radical (unpaired) electrons. The zero-order valence-electron chi connectivity index (χ0n) is 11.3. The number of rotatable bonds is 2. The van der Waals surface area contributed by atoms with Crippen LogP contribution in [0.4, 0.5) is 4.39 Å². The highest BCUT2D eigenvalue weighted by atomic mass is 19.1. The molecule has 0 N–H and O–H groups in total. The van der Waals surface area contributed by atoms with Gasteiger partial charge in [0.15, 0.2) is 0 Å². The van der Waals surface area contributed by atoms with Crippen molar-refractivity contribution < 1.29 is 4.39 Å². The van der Waals surface area contributed by atoms with Gasteiger partial charge in [0.05, 0.1) is 17.1 Å². The lowest BCUT2D eigenvalue weighted by Crippen LogP contribution is -2.20. The van der Waals surface area contributed by atoms with Crippen LogP contribution in [-0.4, -0.2) is 15.9 Å². The van der Waals surface area contributed by atoms with E-state index in [4.69, 9.17) is 0 Å². The molecule has 3 rings (SSSR count). The SMILES string of the molecule is Cc1nc2ccccc2c(=O)n1/N=C\c1cccc(F)c1. The summed E-state index contributed by atoms with van der Waals surface area (Å²) in [4.78, 5) is 16.7. The Labute approximate surface area is 120 Å². The molecule has 5 heteroatoms. The summed E-state index contributed by atoms with van der Waals surface area (Å²) in [6.07, 6.45) is 1.44. The van der Waals surface area contributed by atoms with E-state index in [1.54, 1.807) is 37.3 Å². The van der Waals surface area contributed by atoms with Gasteiger partial charge in [-0.3, -0.25) is 4.79 Å². The highest BCUT2D eigenvalue weighted by Crippen LogP contribution is 2.07. The minimum Gasteiger partial charge on any atom is -0.267 e. The van der Waals surface area contributed by atoms with E-state index in [0.717, 1.165) is 0 Å². The predicted octanol–water partition coefficient (Wildman–Crippen LogP) is 2.73. The lowest BCUT2D eigenvalue weighted by atomic mass is 10.2. The zero-order valence-corrected chi connectivity index (χ0v) is 11.3. The van der Waals surface area contributed by atoms with Crippen molar-refractivity contribution in [3.05, 3.63) is 76.1 Å². The zero-order chi connectivity index (χ0) is 14.8. The first kappa shape index (κ1) is 13.2. The Morgan fingerprint density at radius 1 is 1.19 bits per heavy atom. The van der Waals surface area contributed by atoms with Gasteiger partial charge in [0.2, 0.25) is 0 Å². The third kappa shape index (κ3) is 2.58. The van der Waals surface area contributed by atoms with Crippen molar-refractivity contribution in [1.82, 2.24) is 9.66 Å². The van der Waals surface area contributed by atoms with Crippen LogP contribution in [0.1, 0.15) is 11.4 Å². The van der Waals surface area contributed by atoms with E-state index in [0.29, 0.717) is 22.3 Å². The minimum absolute atomic E-state index is 0.245. The molecule has 21 heavy (non-hydrogen) atoms. The molecular weight excluding hydrogens is 269 g/mol. The largest absolute Gasteiger partial charge is 0.282 e. The molecule has 0 aliphatic heterocycles. The molecule has 104 valence electrons. The molecule has 0 fully saturated rings. The van der Waals surface area contributed by atoms with Crippen molar-refractivity contribution >= 4 is 17.1 Å². The first-order valence-corrected chi connectivity index (χ1v) is 6.43. The van der Waals surface area contributed by atoms with Crippen molar-refractivity contribution in [2.45, 2.75) is 6.92 Å². The van der Waals surface area contributed by atoms with Crippen LogP contribution < -0.4 is 5.56 Å². The van der Waals surface area contributed by atoms with Crippen LogP contribution in [0.3, 0.4) is 0 Å². The normalized spacial score (nSPS) is 11.3. The Morgan fingerprint density at radius 2 is 2.00 bits per heavy atom. The third-order valence-electron chi connectivity index (χ3n) is 3.09. The standard InChI is InChI=1S/C16H12FN3O/c1-11-19-15-8-3-2-7-14(15)16(21)20(11)18-10-12-5-4-6-13(17)9-12/h2-10H,1H3/b18-10-. The maximum atomic E-state index is 13.1. The fourth-order valence-corrected chi connectivity index (χ4v) is 2.08. The Kier molecular flexibility index (Phi) is 3.31. The van der Waals surface area contributed by atoms with Gasteiger partial charge in [0.1, 0.15) is 11.6 Å². The Bertz CT molecular complexity index is 899. The first-order valence-electron chi connectivity index (χ1n) is 6.43. The molecule has 2 aromatic carbocycles. The quantitative estimate of drug-likeness (QED) is 0.678. The van der Waals surface area contributed by atoms with Crippen LogP contribution in [0.5, 0.6) is 0 Å². The summed E-state index contributed by atoms with van der Waals surface area (Å²) in [5.41, 5.74) is 0.970. The van der Waals surface area contributed by atoms with Gasteiger partial charge in [-0.1, -0.05) is 24.3 Å². The van der Waals surface area contributed by atoms with Gasteiger partial charge in [-0.25, -0.2) is 9.37 Å². The fraction of sp³-hybridized carbons (Fsp3) is 0.0625. The van der Waals surface area contributed by atoms with Crippen LogP contribution >= 0.6 is 0 Å². The van der Waals surface area contributed by atoms with Gasteiger partial charge in [0.25, 0.3) is 5.56 Å². The summed E-state index contributed by atoms with van der Waals surface area (Å²) in [7, 11) is 0. The molecule has 0 aliphatic carbocycles. The van der Waals surface area contributed by atoms with Gasteiger partial charge in [0, 0.05) is 0 Å². The highest BCUT2D eigenvalue weighted by molar-refractivity contribution is 5.80. The molecular formula is C16H12FN3O. The third-order valence-corrected chi connectivity index (χ3v) is 3.09. The number of hydrogen-bond acceptors (Lipinski definition) is 3. The van der Waals surface area contributed by atoms with Gasteiger partial charge in [-0.2, -0.15) is 9.78 Å². The van der Waals surface area contributed by atoms with Crippen molar-refractivity contribution in [3.63, 3.8) is 0 Å². The van der Waals surface area contributed by atoms with Crippen LogP contribution in [-0.2, 0) is 0 Å². The number of hydrogen-bond donors (Lipinski definition) is 0. The minimum atomic E-state index is -0.348. The Balaban J connectivity index is 2.11.